The number of hydrogen-bond acceptors (Lipinski definition) is 4. The van der Waals surface area contributed by atoms with Crippen LogP contribution in [0.1, 0.15) is 33.3 Å². The number of sulfone groups is 1. The summed E-state index contributed by atoms with van der Waals surface area (Å²) in [6, 6.07) is 3.67. The SMILES string of the molecule is CS(=O)(=O)C1CCc2c1nc1ccc(F)cc1c2C(=O)O. The number of carbonyl (C=O) groups is 1. The lowest BCUT2D eigenvalue weighted by Crippen LogP contribution is -2.11. The Labute approximate surface area is 120 Å². The van der Waals surface area contributed by atoms with Crippen molar-refractivity contribution in [2.24, 2.45) is 0 Å². The highest BCUT2D eigenvalue weighted by atomic mass is 32.2. The Morgan fingerprint density at radius 3 is 2.76 bits per heavy atom. The predicted molar refractivity (Wildman–Crippen MR) is 74.6 cm³/mol. The van der Waals surface area contributed by atoms with Gasteiger partial charge in [0.1, 0.15) is 11.1 Å². The lowest BCUT2D eigenvalue weighted by atomic mass is 10.0. The van der Waals surface area contributed by atoms with E-state index in [2.05, 4.69) is 4.98 Å². The van der Waals surface area contributed by atoms with Gasteiger partial charge in [0.2, 0.25) is 0 Å². The molecular formula is C14H12FNO4S. The van der Waals surface area contributed by atoms with Crippen LogP contribution in [0, 0.1) is 5.82 Å². The molecule has 3 rings (SSSR count). The molecule has 1 atom stereocenters. The smallest absolute Gasteiger partial charge is 0.336 e. The van der Waals surface area contributed by atoms with Crippen molar-refractivity contribution in [3.8, 4) is 0 Å². The van der Waals surface area contributed by atoms with Crippen LogP contribution in [0.15, 0.2) is 18.2 Å². The first-order valence-electron chi connectivity index (χ1n) is 6.33. The Morgan fingerprint density at radius 2 is 2.14 bits per heavy atom. The lowest BCUT2D eigenvalue weighted by molar-refractivity contribution is 0.0698. The fraction of sp³-hybridized carbons (Fsp3) is 0.286. The van der Waals surface area contributed by atoms with Gasteiger partial charge in [-0.15, -0.1) is 0 Å². The van der Waals surface area contributed by atoms with Gasteiger partial charge in [0.25, 0.3) is 0 Å². The second-order valence-electron chi connectivity index (χ2n) is 5.17. The maximum absolute atomic E-state index is 13.4. The van der Waals surface area contributed by atoms with Gasteiger partial charge in [0.15, 0.2) is 9.84 Å². The molecule has 0 radical (unpaired) electrons. The van der Waals surface area contributed by atoms with Crippen LogP contribution in [0.25, 0.3) is 10.9 Å². The molecular weight excluding hydrogens is 297 g/mol. The number of halogens is 1. The molecule has 0 fully saturated rings. The Hall–Kier alpha value is -2.02. The standard InChI is InChI=1S/C14H12FNO4S/c1-21(19,20)11-5-3-8-12(14(17)18)9-6-7(15)2-4-10(9)16-13(8)11/h2,4,6,11H,3,5H2,1H3,(H,17,18). The van der Waals surface area contributed by atoms with E-state index in [-0.39, 0.29) is 16.6 Å². The maximum atomic E-state index is 13.4. The summed E-state index contributed by atoms with van der Waals surface area (Å²) in [5.74, 6) is -1.75. The van der Waals surface area contributed by atoms with Crippen molar-refractivity contribution in [2.45, 2.75) is 18.1 Å². The van der Waals surface area contributed by atoms with Crippen molar-refractivity contribution in [1.29, 1.82) is 0 Å². The zero-order chi connectivity index (χ0) is 15.4. The number of rotatable bonds is 2. The van der Waals surface area contributed by atoms with Gasteiger partial charge < -0.3 is 5.11 Å². The Balaban J connectivity index is 2.40. The van der Waals surface area contributed by atoms with Gasteiger partial charge in [-0.1, -0.05) is 0 Å². The van der Waals surface area contributed by atoms with Crippen molar-refractivity contribution in [3.63, 3.8) is 0 Å². The zero-order valence-electron chi connectivity index (χ0n) is 11.1. The summed E-state index contributed by atoms with van der Waals surface area (Å²) in [7, 11) is -3.36. The van der Waals surface area contributed by atoms with Crippen LogP contribution in [-0.2, 0) is 16.3 Å². The van der Waals surface area contributed by atoms with Crippen molar-refractivity contribution in [3.05, 3.63) is 40.8 Å². The van der Waals surface area contributed by atoms with E-state index in [9.17, 15) is 22.7 Å². The molecule has 0 amide bonds. The minimum absolute atomic E-state index is 0.0411. The van der Waals surface area contributed by atoms with Crippen LogP contribution in [0.4, 0.5) is 4.39 Å². The average Bonchev–Trinajstić information content (AvgIpc) is 2.78. The molecule has 1 heterocycles. The quantitative estimate of drug-likeness (QED) is 0.918. The molecule has 1 aliphatic carbocycles. The minimum Gasteiger partial charge on any atom is -0.478 e. The van der Waals surface area contributed by atoms with Gasteiger partial charge in [0.05, 0.1) is 16.8 Å². The topological polar surface area (TPSA) is 84.3 Å². The van der Waals surface area contributed by atoms with Crippen molar-refractivity contribution in [2.75, 3.05) is 6.26 Å². The van der Waals surface area contributed by atoms with E-state index in [0.29, 0.717) is 23.9 Å². The highest BCUT2D eigenvalue weighted by Gasteiger charge is 2.35. The van der Waals surface area contributed by atoms with Crippen LogP contribution < -0.4 is 0 Å². The summed E-state index contributed by atoms with van der Waals surface area (Å²) in [6.45, 7) is 0. The van der Waals surface area contributed by atoms with Gasteiger partial charge in [-0.2, -0.15) is 0 Å². The molecule has 21 heavy (non-hydrogen) atoms. The van der Waals surface area contributed by atoms with Crippen LogP contribution in [0.3, 0.4) is 0 Å². The van der Waals surface area contributed by atoms with Crippen LogP contribution >= 0.6 is 0 Å². The lowest BCUT2D eigenvalue weighted by Gasteiger charge is -2.12. The first-order chi connectivity index (χ1) is 9.79. The molecule has 0 saturated carbocycles. The Kier molecular flexibility index (Phi) is 2.98. The number of aromatic nitrogens is 1. The van der Waals surface area contributed by atoms with Crippen LogP contribution in [0.5, 0.6) is 0 Å². The number of hydrogen-bond donors (Lipinski definition) is 1. The molecule has 0 aliphatic heterocycles. The number of benzene rings is 1. The maximum Gasteiger partial charge on any atom is 0.336 e. The molecule has 2 aromatic rings. The normalized spacial score (nSPS) is 17.9. The number of fused-ring (bicyclic) bond motifs is 2. The number of carboxylic acid groups (broad SMARTS) is 1. The molecule has 1 N–H and O–H groups in total. The minimum atomic E-state index is -3.36. The highest BCUT2D eigenvalue weighted by molar-refractivity contribution is 7.90. The summed E-state index contributed by atoms with van der Waals surface area (Å²) in [4.78, 5) is 15.8. The third-order valence-corrected chi connectivity index (χ3v) is 5.26. The van der Waals surface area contributed by atoms with Crippen LogP contribution in [-0.4, -0.2) is 30.7 Å². The van der Waals surface area contributed by atoms with E-state index in [1.165, 1.54) is 12.1 Å². The molecule has 0 spiro atoms. The molecule has 1 aromatic heterocycles. The monoisotopic (exact) mass is 309 g/mol. The first kappa shape index (κ1) is 13.9. The average molecular weight is 309 g/mol. The Morgan fingerprint density at radius 1 is 1.43 bits per heavy atom. The highest BCUT2D eigenvalue weighted by Crippen LogP contribution is 2.39. The molecule has 5 nitrogen and oxygen atoms in total. The van der Waals surface area contributed by atoms with E-state index in [0.717, 1.165) is 12.3 Å². The molecule has 7 heteroatoms. The van der Waals surface area contributed by atoms with E-state index < -0.39 is 26.9 Å². The number of aromatic carboxylic acids is 1. The second-order valence-corrected chi connectivity index (χ2v) is 7.40. The molecule has 110 valence electrons. The van der Waals surface area contributed by atoms with Crippen LogP contribution in [0.2, 0.25) is 0 Å². The fourth-order valence-electron chi connectivity index (χ4n) is 2.89. The van der Waals surface area contributed by atoms with Crippen molar-refractivity contribution < 1.29 is 22.7 Å². The summed E-state index contributed by atoms with van der Waals surface area (Å²) in [5, 5.41) is 8.84. The zero-order valence-corrected chi connectivity index (χ0v) is 11.9. The molecule has 1 aliphatic rings. The van der Waals surface area contributed by atoms with E-state index in [1.807, 2.05) is 0 Å². The third-order valence-electron chi connectivity index (χ3n) is 3.77. The Bertz CT molecular complexity index is 876. The third kappa shape index (κ3) is 2.17. The van der Waals surface area contributed by atoms with Gasteiger partial charge in [-0.05, 0) is 36.6 Å². The van der Waals surface area contributed by atoms with E-state index in [1.54, 1.807) is 0 Å². The van der Waals surface area contributed by atoms with Gasteiger partial charge in [0, 0.05) is 11.6 Å². The summed E-state index contributed by atoms with van der Waals surface area (Å²) >= 11 is 0. The van der Waals surface area contributed by atoms with Gasteiger partial charge >= 0.3 is 5.97 Å². The molecule has 1 aromatic carbocycles. The number of pyridine rings is 1. The predicted octanol–water partition coefficient (Wildman–Crippen LogP) is 2.10. The fourth-order valence-corrected chi connectivity index (χ4v) is 4.03. The second kappa shape index (κ2) is 4.49. The molecule has 1 unspecified atom stereocenters. The van der Waals surface area contributed by atoms with Crippen molar-refractivity contribution in [1.82, 2.24) is 4.98 Å². The van der Waals surface area contributed by atoms with E-state index in [4.69, 9.17) is 0 Å². The van der Waals surface area contributed by atoms with Gasteiger partial charge in [-0.3, -0.25) is 4.98 Å². The first-order valence-corrected chi connectivity index (χ1v) is 8.28. The molecule has 0 saturated heterocycles. The van der Waals surface area contributed by atoms with E-state index >= 15 is 0 Å². The largest absolute Gasteiger partial charge is 0.478 e. The molecule has 0 bridgehead atoms. The number of nitrogens with zero attached hydrogens (tertiary/aromatic N) is 1. The van der Waals surface area contributed by atoms with Crippen molar-refractivity contribution >= 4 is 26.7 Å². The summed E-state index contributed by atoms with van der Waals surface area (Å²) in [5.41, 5.74) is 0.939. The number of carboxylic acids is 1. The summed E-state index contributed by atoms with van der Waals surface area (Å²) in [6.07, 6.45) is 1.73. The van der Waals surface area contributed by atoms with Gasteiger partial charge in [-0.25, -0.2) is 17.6 Å². The summed E-state index contributed by atoms with van der Waals surface area (Å²) < 4.78 is 37.0.